The van der Waals surface area contributed by atoms with Crippen LogP contribution in [0.1, 0.15) is 0 Å². The molecule has 0 saturated carbocycles. The van der Waals surface area contributed by atoms with Gasteiger partial charge in [-0.3, -0.25) is 0 Å². The molecule has 1 nitrogen and oxygen atoms in total. The maximum atomic E-state index is 2.49. The predicted octanol–water partition coefficient (Wildman–Crippen LogP) is 10.5. The molecular formula is C38H23N. The molecule has 1 heteroatoms. The van der Waals surface area contributed by atoms with Crippen molar-refractivity contribution in [1.82, 2.24) is 4.40 Å². The Balaban J connectivity index is 1.28. The van der Waals surface area contributed by atoms with Gasteiger partial charge in [-0.05, 0) is 74.1 Å². The molecule has 0 aliphatic carbocycles. The summed E-state index contributed by atoms with van der Waals surface area (Å²) in [5.41, 5.74) is 8.84. The predicted molar refractivity (Wildman–Crippen MR) is 167 cm³/mol. The van der Waals surface area contributed by atoms with Gasteiger partial charge in [0, 0.05) is 21.5 Å². The van der Waals surface area contributed by atoms with Crippen LogP contribution >= 0.6 is 0 Å². The van der Waals surface area contributed by atoms with Crippen molar-refractivity contribution in [3.8, 4) is 22.3 Å². The summed E-state index contributed by atoms with van der Waals surface area (Å²) in [6, 6.07) is 51.3. The minimum absolute atomic E-state index is 1.24. The Labute approximate surface area is 225 Å². The average molecular weight is 494 g/mol. The molecule has 180 valence electrons. The minimum Gasteiger partial charge on any atom is -0.308 e. The second-order valence-corrected chi connectivity index (χ2v) is 10.6. The molecule has 0 atom stereocenters. The van der Waals surface area contributed by atoms with Crippen molar-refractivity contribution in [2.45, 2.75) is 0 Å². The maximum Gasteiger partial charge on any atom is 0.0620 e. The van der Waals surface area contributed by atoms with Crippen LogP contribution in [0.15, 0.2) is 140 Å². The van der Waals surface area contributed by atoms with Gasteiger partial charge in [-0.1, -0.05) is 109 Å². The summed E-state index contributed by atoms with van der Waals surface area (Å²) < 4.78 is 2.49. The highest BCUT2D eigenvalue weighted by atomic mass is 14.9. The molecule has 0 N–H and O–H groups in total. The normalized spacial score (nSPS) is 12.1. The molecule has 0 unspecified atom stereocenters. The van der Waals surface area contributed by atoms with Crippen LogP contribution in [0.3, 0.4) is 0 Å². The monoisotopic (exact) mass is 493 g/mol. The van der Waals surface area contributed by atoms with Crippen LogP contribution < -0.4 is 0 Å². The number of para-hydroxylation sites is 1. The highest BCUT2D eigenvalue weighted by Gasteiger charge is 2.18. The van der Waals surface area contributed by atoms with Crippen LogP contribution in [-0.4, -0.2) is 4.40 Å². The number of fused-ring (bicyclic) bond motifs is 8. The van der Waals surface area contributed by atoms with Crippen molar-refractivity contribution < 1.29 is 0 Å². The Morgan fingerprint density at radius 2 is 0.821 bits per heavy atom. The maximum absolute atomic E-state index is 2.49. The summed E-state index contributed by atoms with van der Waals surface area (Å²) in [7, 11) is 0. The lowest BCUT2D eigenvalue weighted by Crippen LogP contribution is -1.84. The Kier molecular flexibility index (Phi) is 4.11. The van der Waals surface area contributed by atoms with E-state index in [0.717, 1.165) is 0 Å². The minimum atomic E-state index is 1.24. The van der Waals surface area contributed by atoms with Crippen LogP contribution in [0.4, 0.5) is 0 Å². The first-order valence-electron chi connectivity index (χ1n) is 13.5. The van der Waals surface area contributed by atoms with Gasteiger partial charge in [-0.2, -0.15) is 0 Å². The Morgan fingerprint density at radius 1 is 0.308 bits per heavy atom. The Hall–Kier alpha value is -5.14. The number of nitrogens with zero attached hydrogens (tertiary/aromatic N) is 1. The second-order valence-electron chi connectivity index (χ2n) is 10.6. The molecular weight excluding hydrogens is 470 g/mol. The molecule has 0 radical (unpaired) electrons. The molecule has 0 saturated heterocycles. The smallest absolute Gasteiger partial charge is 0.0620 e. The van der Waals surface area contributed by atoms with E-state index in [-0.39, 0.29) is 0 Å². The molecule has 0 aliphatic rings. The van der Waals surface area contributed by atoms with Crippen molar-refractivity contribution in [1.29, 1.82) is 0 Å². The standard InChI is InChI=1S/C38H23N/c1-2-7-24(8-3-1)25-13-15-26(16-14-25)29-17-18-30-21-35-33-12-6-11-32-34-20-27-9-4-5-10-28(27)22-36(34)39(38(32)33)37(35)23-31(30)19-29/h1-23H. The van der Waals surface area contributed by atoms with Crippen molar-refractivity contribution >= 4 is 59.6 Å². The third kappa shape index (κ3) is 2.96. The number of aromatic nitrogens is 1. The van der Waals surface area contributed by atoms with E-state index in [2.05, 4.69) is 144 Å². The molecule has 0 amide bonds. The van der Waals surface area contributed by atoms with Gasteiger partial charge in [-0.15, -0.1) is 0 Å². The summed E-state index contributed by atoms with van der Waals surface area (Å²) in [6.45, 7) is 0. The van der Waals surface area contributed by atoms with Gasteiger partial charge in [-0.25, -0.2) is 0 Å². The summed E-state index contributed by atoms with van der Waals surface area (Å²) >= 11 is 0. The highest BCUT2D eigenvalue weighted by Crippen LogP contribution is 2.41. The van der Waals surface area contributed by atoms with E-state index in [9.17, 15) is 0 Å². The fourth-order valence-electron chi connectivity index (χ4n) is 6.57. The van der Waals surface area contributed by atoms with E-state index in [1.165, 1.54) is 81.9 Å². The van der Waals surface area contributed by atoms with Gasteiger partial charge in [0.15, 0.2) is 0 Å². The SMILES string of the molecule is c1ccc(-c2ccc(-c3ccc4cc5c6cccc7c8cc9ccccc9cc8n(c5cc4c3)c76)cc2)cc1. The van der Waals surface area contributed by atoms with Crippen molar-refractivity contribution in [3.63, 3.8) is 0 Å². The lowest BCUT2D eigenvalue weighted by molar-refractivity contribution is 1.38. The molecule has 0 fully saturated rings. The first-order chi connectivity index (χ1) is 19.3. The van der Waals surface area contributed by atoms with Crippen LogP contribution in [0.25, 0.3) is 81.9 Å². The molecule has 2 aromatic heterocycles. The fourth-order valence-corrected chi connectivity index (χ4v) is 6.57. The van der Waals surface area contributed by atoms with Gasteiger partial charge >= 0.3 is 0 Å². The fraction of sp³-hybridized carbons (Fsp3) is 0. The zero-order chi connectivity index (χ0) is 25.5. The van der Waals surface area contributed by atoms with E-state index in [1.54, 1.807) is 0 Å². The zero-order valence-corrected chi connectivity index (χ0v) is 21.2. The van der Waals surface area contributed by atoms with Crippen molar-refractivity contribution in [2.75, 3.05) is 0 Å². The summed E-state index contributed by atoms with van der Waals surface area (Å²) in [5.74, 6) is 0. The number of hydrogen-bond donors (Lipinski definition) is 0. The van der Waals surface area contributed by atoms with Crippen molar-refractivity contribution in [3.05, 3.63) is 140 Å². The first-order valence-corrected chi connectivity index (χ1v) is 13.5. The number of hydrogen-bond acceptors (Lipinski definition) is 0. The van der Waals surface area contributed by atoms with Crippen LogP contribution in [-0.2, 0) is 0 Å². The molecule has 0 bridgehead atoms. The third-order valence-electron chi connectivity index (χ3n) is 8.47. The molecule has 0 aliphatic heterocycles. The topological polar surface area (TPSA) is 4.41 Å². The van der Waals surface area contributed by atoms with Gasteiger partial charge in [0.25, 0.3) is 0 Å². The van der Waals surface area contributed by atoms with Gasteiger partial charge in [0.2, 0.25) is 0 Å². The third-order valence-corrected chi connectivity index (χ3v) is 8.47. The van der Waals surface area contributed by atoms with E-state index in [4.69, 9.17) is 0 Å². The van der Waals surface area contributed by atoms with Gasteiger partial charge in [0.1, 0.15) is 0 Å². The summed E-state index contributed by atoms with van der Waals surface area (Å²) in [6.07, 6.45) is 0. The lowest BCUT2D eigenvalue weighted by atomic mass is 9.97. The van der Waals surface area contributed by atoms with Crippen LogP contribution in [0, 0.1) is 0 Å². The molecule has 0 spiro atoms. The summed E-state index contributed by atoms with van der Waals surface area (Å²) in [5, 5.41) is 10.4. The average Bonchev–Trinajstić information content (AvgIpc) is 3.50. The van der Waals surface area contributed by atoms with E-state index >= 15 is 0 Å². The molecule has 39 heavy (non-hydrogen) atoms. The Bertz CT molecular complexity index is 2360. The Morgan fingerprint density at radius 3 is 1.51 bits per heavy atom. The molecule has 9 aromatic rings. The van der Waals surface area contributed by atoms with Crippen LogP contribution in [0.2, 0.25) is 0 Å². The quantitative estimate of drug-likeness (QED) is 0.226. The number of benzene rings is 7. The second kappa shape index (κ2) is 7.69. The van der Waals surface area contributed by atoms with Gasteiger partial charge < -0.3 is 4.40 Å². The van der Waals surface area contributed by atoms with E-state index in [0.29, 0.717) is 0 Å². The first kappa shape index (κ1) is 20.9. The molecule has 7 aromatic carbocycles. The lowest BCUT2D eigenvalue weighted by Gasteiger charge is -2.08. The largest absolute Gasteiger partial charge is 0.308 e. The molecule has 2 heterocycles. The van der Waals surface area contributed by atoms with Gasteiger partial charge in [0.05, 0.1) is 16.6 Å². The van der Waals surface area contributed by atoms with Crippen LogP contribution in [0.5, 0.6) is 0 Å². The highest BCUT2D eigenvalue weighted by molar-refractivity contribution is 6.25. The molecule has 9 rings (SSSR count). The van der Waals surface area contributed by atoms with Crippen molar-refractivity contribution in [2.24, 2.45) is 0 Å². The summed E-state index contributed by atoms with van der Waals surface area (Å²) in [4.78, 5) is 0. The van der Waals surface area contributed by atoms with E-state index < -0.39 is 0 Å². The van der Waals surface area contributed by atoms with E-state index in [1.807, 2.05) is 0 Å². The number of rotatable bonds is 2. The zero-order valence-electron chi connectivity index (χ0n) is 21.2.